The number of nitrogens with zero attached hydrogens (tertiary/aromatic N) is 3. The Labute approximate surface area is 154 Å². The van der Waals surface area contributed by atoms with Gasteiger partial charge in [-0.25, -0.2) is 9.97 Å². The van der Waals surface area contributed by atoms with E-state index in [1.165, 1.54) is 5.56 Å². The summed E-state index contributed by atoms with van der Waals surface area (Å²) < 4.78 is 0. The summed E-state index contributed by atoms with van der Waals surface area (Å²) in [7, 11) is 0. The molecule has 0 saturated carbocycles. The van der Waals surface area contributed by atoms with Gasteiger partial charge in [0, 0.05) is 29.6 Å². The zero-order valence-corrected chi connectivity index (χ0v) is 15.5. The zero-order valence-electron chi connectivity index (χ0n) is 14.7. The second kappa shape index (κ2) is 7.58. The van der Waals surface area contributed by atoms with Gasteiger partial charge in [-0.1, -0.05) is 37.6 Å². The normalized spacial score (nSPS) is 17.8. The van der Waals surface area contributed by atoms with Crippen LogP contribution in [-0.4, -0.2) is 40.8 Å². The molecule has 1 fully saturated rings. The molecule has 134 valence electrons. The van der Waals surface area contributed by atoms with Crippen molar-refractivity contribution in [2.75, 3.05) is 29.9 Å². The van der Waals surface area contributed by atoms with Crippen LogP contribution < -0.4 is 10.2 Å². The van der Waals surface area contributed by atoms with Crippen molar-refractivity contribution in [3.05, 3.63) is 47.2 Å². The third-order valence-corrected chi connectivity index (χ3v) is 5.12. The van der Waals surface area contributed by atoms with Crippen LogP contribution in [0.2, 0.25) is 5.02 Å². The SMILES string of the molecule is CC(C)(CNc1cc(N2CCCC2CO)ncn1)c1ccc(Cl)cc1. The summed E-state index contributed by atoms with van der Waals surface area (Å²) >= 11 is 5.98. The summed E-state index contributed by atoms with van der Waals surface area (Å²) in [5.74, 6) is 1.67. The third kappa shape index (κ3) is 4.22. The minimum atomic E-state index is -0.0586. The molecular weight excluding hydrogens is 336 g/mol. The Kier molecular flexibility index (Phi) is 5.45. The van der Waals surface area contributed by atoms with Crippen molar-refractivity contribution >= 4 is 23.2 Å². The number of aliphatic hydroxyl groups excluding tert-OH is 1. The highest BCUT2D eigenvalue weighted by Crippen LogP contribution is 2.27. The van der Waals surface area contributed by atoms with Gasteiger partial charge >= 0.3 is 0 Å². The van der Waals surface area contributed by atoms with E-state index >= 15 is 0 Å². The molecule has 2 aromatic rings. The monoisotopic (exact) mass is 360 g/mol. The molecule has 1 saturated heterocycles. The van der Waals surface area contributed by atoms with Crippen LogP contribution in [0, 0.1) is 0 Å². The molecule has 0 aliphatic carbocycles. The number of halogens is 1. The molecule has 1 aliphatic heterocycles. The van der Waals surface area contributed by atoms with E-state index in [1.807, 2.05) is 18.2 Å². The molecule has 1 aromatic heterocycles. The van der Waals surface area contributed by atoms with Gasteiger partial charge in [0.25, 0.3) is 0 Å². The fourth-order valence-corrected chi connectivity index (χ4v) is 3.37. The number of nitrogens with one attached hydrogen (secondary N) is 1. The average molecular weight is 361 g/mol. The Balaban J connectivity index is 1.69. The van der Waals surface area contributed by atoms with Crippen LogP contribution in [-0.2, 0) is 5.41 Å². The van der Waals surface area contributed by atoms with E-state index in [4.69, 9.17) is 11.6 Å². The molecule has 0 radical (unpaired) electrons. The summed E-state index contributed by atoms with van der Waals surface area (Å²) in [5.41, 5.74) is 1.16. The Morgan fingerprint density at radius 1 is 1.28 bits per heavy atom. The average Bonchev–Trinajstić information content (AvgIpc) is 3.09. The summed E-state index contributed by atoms with van der Waals surface area (Å²) in [6, 6.07) is 10.1. The van der Waals surface area contributed by atoms with Crippen molar-refractivity contribution in [3.8, 4) is 0 Å². The first-order valence-electron chi connectivity index (χ1n) is 8.69. The molecule has 1 aliphatic rings. The molecule has 1 aromatic carbocycles. The zero-order chi connectivity index (χ0) is 17.9. The van der Waals surface area contributed by atoms with Crippen LogP contribution in [0.25, 0.3) is 0 Å². The van der Waals surface area contributed by atoms with E-state index in [0.29, 0.717) is 0 Å². The van der Waals surface area contributed by atoms with Gasteiger partial charge in [0.05, 0.1) is 12.6 Å². The van der Waals surface area contributed by atoms with Crippen LogP contribution in [0.15, 0.2) is 36.7 Å². The van der Waals surface area contributed by atoms with E-state index in [0.717, 1.165) is 42.6 Å². The molecule has 25 heavy (non-hydrogen) atoms. The number of hydrogen-bond acceptors (Lipinski definition) is 5. The van der Waals surface area contributed by atoms with Gasteiger partial charge in [-0.05, 0) is 30.5 Å². The standard InChI is InChI=1S/C19H25ClN4O/c1-19(2,14-5-7-15(20)8-6-14)12-21-17-10-18(23-13-22-17)24-9-3-4-16(24)11-25/h5-8,10,13,16,25H,3-4,9,11-12H2,1-2H3,(H,21,22,23). The molecule has 5 nitrogen and oxygen atoms in total. The lowest BCUT2D eigenvalue weighted by Gasteiger charge is -2.27. The summed E-state index contributed by atoms with van der Waals surface area (Å²) in [6.45, 7) is 6.21. The van der Waals surface area contributed by atoms with Crippen molar-refractivity contribution in [3.63, 3.8) is 0 Å². The van der Waals surface area contributed by atoms with Crippen LogP contribution >= 0.6 is 11.6 Å². The van der Waals surface area contributed by atoms with Gasteiger partial charge in [-0.3, -0.25) is 0 Å². The number of benzene rings is 1. The predicted molar refractivity (Wildman–Crippen MR) is 102 cm³/mol. The molecule has 2 heterocycles. The number of rotatable bonds is 6. The third-order valence-electron chi connectivity index (χ3n) is 4.87. The maximum atomic E-state index is 9.51. The maximum Gasteiger partial charge on any atom is 0.134 e. The van der Waals surface area contributed by atoms with Crippen molar-refractivity contribution in [2.45, 2.75) is 38.1 Å². The highest BCUT2D eigenvalue weighted by molar-refractivity contribution is 6.30. The quantitative estimate of drug-likeness (QED) is 0.825. The van der Waals surface area contributed by atoms with Crippen molar-refractivity contribution in [2.24, 2.45) is 0 Å². The highest BCUT2D eigenvalue weighted by Gasteiger charge is 2.25. The number of aromatic nitrogens is 2. The van der Waals surface area contributed by atoms with Gasteiger partial charge in [0.15, 0.2) is 0 Å². The smallest absolute Gasteiger partial charge is 0.134 e. The molecule has 0 bridgehead atoms. The second-order valence-electron chi connectivity index (χ2n) is 7.18. The van der Waals surface area contributed by atoms with Crippen LogP contribution in [0.4, 0.5) is 11.6 Å². The molecule has 0 spiro atoms. The Hall–Kier alpha value is -1.85. The van der Waals surface area contributed by atoms with Gasteiger partial charge in [-0.2, -0.15) is 0 Å². The predicted octanol–water partition coefficient (Wildman–Crippen LogP) is 3.48. The van der Waals surface area contributed by atoms with Gasteiger partial charge in [0.2, 0.25) is 0 Å². The first-order valence-corrected chi connectivity index (χ1v) is 9.07. The number of hydrogen-bond donors (Lipinski definition) is 2. The Bertz CT molecular complexity index is 705. The number of aliphatic hydroxyl groups is 1. The summed E-state index contributed by atoms with van der Waals surface area (Å²) in [4.78, 5) is 10.9. The van der Waals surface area contributed by atoms with Crippen molar-refractivity contribution < 1.29 is 5.11 Å². The van der Waals surface area contributed by atoms with E-state index < -0.39 is 0 Å². The van der Waals surface area contributed by atoms with E-state index in [-0.39, 0.29) is 18.1 Å². The topological polar surface area (TPSA) is 61.3 Å². The molecule has 2 N–H and O–H groups in total. The lowest BCUT2D eigenvalue weighted by atomic mass is 9.84. The molecule has 3 rings (SSSR count). The lowest BCUT2D eigenvalue weighted by Crippen LogP contribution is -2.33. The minimum Gasteiger partial charge on any atom is -0.394 e. The second-order valence-corrected chi connectivity index (χ2v) is 7.61. The van der Waals surface area contributed by atoms with Crippen LogP contribution in [0.5, 0.6) is 0 Å². The highest BCUT2D eigenvalue weighted by atomic mass is 35.5. The molecule has 1 atom stereocenters. The van der Waals surface area contributed by atoms with Gasteiger partial charge in [0.1, 0.15) is 18.0 Å². The molecule has 1 unspecified atom stereocenters. The van der Waals surface area contributed by atoms with Crippen molar-refractivity contribution in [1.29, 1.82) is 0 Å². The first kappa shape index (κ1) is 18.0. The molecule has 0 amide bonds. The first-order chi connectivity index (χ1) is 12.0. The summed E-state index contributed by atoms with van der Waals surface area (Å²) in [6.07, 6.45) is 3.67. The molecule has 6 heteroatoms. The van der Waals surface area contributed by atoms with E-state index in [1.54, 1.807) is 6.33 Å². The molecular formula is C19H25ClN4O. The van der Waals surface area contributed by atoms with Gasteiger partial charge in [-0.15, -0.1) is 0 Å². The fourth-order valence-electron chi connectivity index (χ4n) is 3.24. The minimum absolute atomic E-state index is 0.0586. The number of anilines is 2. The van der Waals surface area contributed by atoms with E-state index in [2.05, 4.69) is 46.2 Å². The Morgan fingerprint density at radius 3 is 2.76 bits per heavy atom. The van der Waals surface area contributed by atoms with Crippen LogP contribution in [0.1, 0.15) is 32.3 Å². The van der Waals surface area contributed by atoms with Crippen LogP contribution in [0.3, 0.4) is 0 Å². The van der Waals surface area contributed by atoms with E-state index in [9.17, 15) is 5.11 Å². The summed E-state index contributed by atoms with van der Waals surface area (Å²) in [5, 5.41) is 13.7. The largest absolute Gasteiger partial charge is 0.394 e. The fraction of sp³-hybridized carbons (Fsp3) is 0.474. The Morgan fingerprint density at radius 2 is 2.04 bits per heavy atom. The van der Waals surface area contributed by atoms with Gasteiger partial charge < -0.3 is 15.3 Å². The van der Waals surface area contributed by atoms with Crippen molar-refractivity contribution in [1.82, 2.24) is 9.97 Å². The lowest BCUT2D eigenvalue weighted by molar-refractivity contribution is 0.266. The maximum absolute atomic E-state index is 9.51.